The second-order valence-electron chi connectivity index (χ2n) is 4.74. The lowest BCUT2D eigenvalue weighted by Crippen LogP contribution is -2.40. The van der Waals surface area contributed by atoms with Crippen LogP contribution in [0.25, 0.3) is 6.08 Å². The summed E-state index contributed by atoms with van der Waals surface area (Å²) in [5.41, 5.74) is 1.04. The molecule has 110 valence electrons. The van der Waals surface area contributed by atoms with Gasteiger partial charge in [-0.25, -0.2) is 0 Å². The number of hydrogen-bond donors (Lipinski definition) is 0. The molecule has 0 unspecified atom stereocenters. The summed E-state index contributed by atoms with van der Waals surface area (Å²) in [6.45, 7) is 5.44. The minimum Gasteiger partial charge on any atom is -0.383 e. The first kappa shape index (κ1) is 16.4. The molecule has 3 nitrogen and oxygen atoms in total. The van der Waals surface area contributed by atoms with Gasteiger partial charge in [-0.05, 0) is 24.5 Å². The number of hydrogen-bond acceptors (Lipinski definition) is 2. The largest absolute Gasteiger partial charge is 0.383 e. The van der Waals surface area contributed by atoms with Gasteiger partial charge in [-0.3, -0.25) is 4.79 Å². The highest BCUT2D eigenvalue weighted by Gasteiger charge is 2.18. The van der Waals surface area contributed by atoms with Crippen LogP contribution in [0.2, 0.25) is 0 Å². The van der Waals surface area contributed by atoms with Crippen LogP contribution in [0.5, 0.6) is 0 Å². The third-order valence-corrected chi connectivity index (χ3v) is 3.42. The standard InChI is InChI=1S/C17H25NO2/c1-4-16(5-2)18(13-14-20-3)17(19)12-11-15-9-7-6-8-10-15/h6-12,16H,4-5,13-14H2,1-3H3/b12-11+. The van der Waals surface area contributed by atoms with Crippen LogP contribution in [0.3, 0.4) is 0 Å². The molecule has 0 aliphatic carbocycles. The van der Waals surface area contributed by atoms with Crippen molar-refractivity contribution >= 4 is 12.0 Å². The molecule has 3 heteroatoms. The maximum Gasteiger partial charge on any atom is 0.246 e. The average molecular weight is 275 g/mol. The van der Waals surface area contributed by atoms with Crippen LogP contribution >= 0.6 is 0 Å². The fourth-order valence-corrected chi connectivity index (χ4v) is 2.22. The van der Waals surface area contributed by atoms with Gasteiger partial charge in [0.2, 0.25) is 5.91 Å². The van der Waals surface area contributed by atoms with E-state index < -0.39 is 0 Å². The highest BCUT2D eigenvalue weighted by Crippen LogP contribution is 2.10. The van der Waals surface area contributed by atoms with Crippen molar-refractivity contribution in [3.63, 3.8) is 0 Å². The molecule has 0 spiro atoms. The van der Waals surface area contributed by atoms with E-state index in [1.54, 1.807) is 13.2 Å². The predicted octanol–water partition coefficient (Wildman–Crippen LogP) is 3.36. The zero-order chi connectivity index (χ0) is 14.8. The van der Waals surface area contributed by atoms with Crippen LogP contribution in [0.1, 0.15) is 32.3 Å². The molecule has 1 aromatic rings. The Morgan fingerprint density at radius 2 is 1.90 bits per heavy atom. The van der Waals surface area contributed by atoms with Crippen molar-refractivity contribution in [1.29, 1.82) is 0 Å². The molecule has 0 aromatic heterocycles. The molecule has 1 amide bonds. The van der Waals surface area contributed by atoms with E-state index in [4.69, 9.17) is 4.74 Å². The molecule has 0 atom stereocenters. The van der Waals surface area contributed by atoms with Gasteiger partial charge in [-0.2, -0.15) is 0 Å². The lowest BCUT2D eigenvalue weighted by atomic mass is 10.1. The first-order valence-corrected chi connectivity index (χ1v) is 7.25. The number of rotatable bonds is 8. The minimum absolute atomic E-state index is 0.0552. The van der Waals surface area contributed by atoms with Crippen LogP contribution in [-0.2, 0) is 9.53 Å². The van der Waals surface area contributed by atoms with Gasteiger partial charge in [-0.1, -0.05) is 44.2 Å². The Morgan fingerprint density at radius 3 is 2.45 bits per heavy atom. The van der Waals surface area contributed by atoms with Crippen molar-refractivity contribution in [3.05, 3.63) is 42.0 Å². The zero-order valence-electron chi connectivity index (χ0n) is 12.7. The van der Waals surface area contributed by atoms with Gasteiger partial charge in [0.1, 0.15) is 0 Å². The van der Waals surface area contributed by atoms with Crippen LogP contribution in [0.15, 0.2) is 36.4 Å². The summed E-state index contributed by atoms with van der Waals surface area (Å²) < 4.78 is 5.11. The molecule has 1 rings (SSSR count). The van der Waals surface area contributed by atoms with E-state index in [-0.39, 0.29) is 11.9 Å². The molecule has 0 radical (unpaired) electrons. The second-order valence-corrected chi connectivity index (χ2v) is 4.74. The minimum atomic E-state index is 0.0552. The van der Waals surface area contributed by atoms with Crippen molar-refractivity contribution in [2.24, 2.45) is 0 Å². The first-order chi connectivity index (χ1) is 9.72. The SMILES string of the molecule is CCC(CC)N(CCOC)C(=O)/C=C/c1ccccc1. The summed E-state index contributed by atoms with van der Waals surface area (Å²) >= 11 is 0. The van der Waals surface area contributed by atoms with E-state index in [1.807, 2.05) is 41.3 Å². The van der Waals surface area contributed by atoms with Crippen LogP contribution in [0, 0.1) is 0 Å². The highest BCUT2D eigenvalue weighted by atomic mass is 16.5. The molecule has 0 saturated carbocycles. The maximum atomic E-state index is 12.4. The third kappa shape index (κ3) is 5.17. The van der Waals surface area contributed by atoms with E-state index in [9.17, 15) is 4.79 Å². The predicted molar refractivity (Wildman–Crippen MR) is 83.4 cm³/mol. The molecule has 0 heterocycles. The lowest BCUT2D eigenvalue weighted by Gasteiger charge is -2.29. The lowest BCUT2D eigenvalue weighted by molar-refractivity contribution is -0.129. The fraction of sp³-hybridized carbons (Fsp3) is 0.471. The number of ether oxygens (including phenoxy) is 1. The van der Waals surface area contributed by atoms with Crippen molar-refractivity contribution < 1.29 is 9.53 Å². The molecule has 0 aliphatic heterocycles. The van der Waals surface area contributed by atoms with Crippen molar-refractivity contribution in [3.8, 4) is 0 Å². The van der Waals surface area contributed by atoms with Gasteiger partial charge < -0.3 is 9.64 Å². The third-order valence-electron chi connectivity index (χ3n) is 3.42. The summed E-state index contributed by atoms with van der Waals surface area (Å²) in [5, 5.41) is 0. The average Bonchev–Trinajstić information content (AvgIpc) is 2.50. The number of benzene rings is 1. The summed E-state index contributed by atoms with van der Waals surface area (Å²) in [6.07, 6.45) is 5.45. The van der Waals surface area contributed by atoms with E-state index in [0.717, 1.165) is 18.4 Å². The van der Waals surface area contributed by atoms with Crippen LogP contribution in [0.4, 0.5) is 0 Å². The smallest absolute Gasteiger partial charge is 0.246 e. The quantitative estimate of drug-likeness (QED) is 0.681. The summed E-state index contributed by atoms with van der Waals surface area (Å²) in [4.78, 5) is 14.3. The Bertz CT molecular complexity index is 410. The fourth-order valence-electron chi connectivity index (χ4n) is 2.22. The molecule has 0 N–H and O–H groups in total. The van der Waals surface area contributed by atoms with Gasteiger partial charge in [0, 0.05) is 25.8 Å². The van der Waals surface area contributed by atoms with Crippen LogP contribution < -0.4 is 0 Å². The van der Waals surface area contributed by atoms with Gasteiger partial charge in [0.15, 0.2) is 0 Å². The first-order valence-electron chi connectivity index (χ1n) is 7.25. The van der Waals surface area contributed by atoms with Gasteiger partial charge in [0.05, 0.1) is 6.61 Å². The highest BCUT2D eigenvalue weighted by molar-refractivity contribution is 5.92. The number of carbonyl (C=O) groups is 1. The second kappa shape index (κ2) is 9.32. The van der Waals surface area contributed by atoms with E-state index in [2.05, 4.69) is 13.8 Å². The molecule has 20 heavy (non-hydrogen) atoms. The summed E-state index contributed by atoms with van der Waals surface area (Å²) in [7, 11) is 1.66. The summed E-state index contributed by atoms with van der Waals surface area (Å²) in [5.74, 6) is 0.0552. The van der Waals surface area contributed by atoms with Crippen LogP contribution in [-0.4, -0.2) is 37.1 Å². The molecule has 0 fully saturated rings. The zero-order valence-corrected chi connectivity index (χ0v) is 12.7. The number of amides is 1. The van der Waals surface area contributed by atoms with Gasteiger partial charge >= 0.3 is 0 Å². The van der Waals surface area contributed by atoms with Crippen molar-refractivity contribution in [1.82, 2.24) is 4.90 Å². The molecule has 1 aromatic carbocycles. The maximum absolute atomic E-state index is 12.4. The van der Waals surface area contributed by atoms with Crippen molar-refractivity contribution in [2.75, 3.05) is 20.3 Å². The Labute approximate surface area is 122 Å². The number of nitrogens with zero attached hydrogens (tertiary/aromatic N) is 1. The van der Waals surface area contributed by atoms with Crippen molar-refractivity contribution in [2.45, 2.75) is 32.7 Å². The van der Waals surface area contributed by atoms with E-state index in [0.29, 0.717) is 13.2 Å². The van der Waals surface area contributed by atoms with E-state index in [1.165, 1.54) is 0 Å². The molecule has 0 saturated heterocycles. The Balaban J connectivity index is 2.74. The topological polar surface area (TPSA) is 29.5 Å². The molecule has 0 bridgehead atoms. The summed E-state index contributed by atoms with van der Waals surface area (Å²) in [6, 6.07) is 10.1. The van der Waals surface area contributed by atoms with Gasteiger partial charge in [-0.15, -0.1) is 0 Å². The molecule has 0 aliphatic rings. The van der Waals surface area contributed by atoms with Gasteiger partial charge in [0.25, 0.3) is 0 Å². The number of methoxy groups -OCH3 is 1. The normalized spacial score (nSPS) is 11.2. The Morgan fingerprint density at radius 1 is 1.25 bits per heavy atom. The Hall–Kier alpha value is -1.61. The van der Waals surface area contributed by atoms with E-state index >= 15 is 0 Å². The molecular weight excluding hydrogens is 250 g/mol. The monoisotopic (exact) mass is 275 g/mol. The molecular formula is C17H25NO2. The number of carbonyl (C=O) groups excluding carboxylic acids is 1. The Kier molecular flexibility index (Phi) is 7.66.